The highest BCUT2D eigenvalue weighted by atomic mass is 32.1. The van der Waals surface area contributed by atoms with Crippen molar-refractivity contribution in [2.24, 2.45) is 0 Å². The van der Waals surface area contributed by atoms with E-state index in [0.29, 0.717) is 14.9 Å². The average molecular weight is 343 g/mol. The van der Waals surface area contributed by atoms with Gasteiger partial charge >= 0.3 is 0 Å². The molecule has 0 unspecified atom stereocenters. The van der Waals surface area contributed by atoms with Gasteiger partial charge in [-0.1, -0.05) is 48.0 Å². The normalized spacial score (nSPS) is 10.9. The predicted octanol–water partition coefficient (Wildman–Crippen LogP) is 2.23. The fourth-order valence-corrected chi connectivity index (χ4v) is 3.45. The number of nitrogens with zero attached hydrogens (tertiary/aromatic N) is 3. The maximum absolute atomic E-state index is 12.9. The van der Waals surface area contributed by atoms with E-state index in [1.807, 2.05) is 61.5 Å². The van der Waals surface area contributed by atoms with Crippen molar-refractivity contribution in [1.29, 1.82) is 10.5 Å². The quantitative estimate of drug-likeness (QED) is 0.716. The Morgan fingerprint density at radius 3 is 2.28 bits per heavy atom. The molecule has 0 aliphatic carbocycles. The average Bonchev–Trinajstić information content (AvgIpc) is 2.95. The molecule has 0 aliphatic rings. The van der Waals surface area contributed by atoms with Crippen molar-refractivity contribution in [3.8, 4) is 17.8 Å². The van der Waals surface area contributed by atoms with E-state index in [-0.39, 0.29) is 11.1 Å². The summed E-state index contributed by atoms with van der Waals surface area (Å²) in [6.45, 7) is 2.00. The van der Waals surface area contributed by atoms with Gasteiger partial charge < -0.3 is 0 Å². The van der Waals surface area contributed by atoms with Gasteiger partial charge in [-0.25, -0.2) is 0 Å². The van der Waals surface area contributed by atoms with Crippen molar-refractivity contribution in [2.75, 3.05) is 0 Å². The number of aryl methyl sites for hydroxylation is 1. The maximum Gasteiger partial charge on any atom is 0.273 e. The van der Waals surface area contributed by atoms with Gasteiger partial charge in [0.05, 0.1) is 10.2 Å². The van der Waals surface area contributed by atoms with E-state index in [2.05, 4.69) is 0 Å². The van der Waals surface area contributed by atoms with Crippen molar-refractivity contribution in [2.45, 2.75) is 6.92 Å². The first-order valence-electron chi connectivity index (χ1n) is 7.54. The zero-order chi connectivity index (χ0) is 17.8. The summed E-state index contributed by atoms with van der Waals surface area (Å²) in [6.07, 6.45) is 1.78. The van der Waals surface area contributed by atoms with E-state index in [4.69, 9.17) is 0 Å². The third-order valence-electron chi connectivity index (χ3n) is 3.65. The summed E-state index contributed by atoms with van der Waals surface area (Å²) < 4.78 is 2.25. The van der Waals surface area contributed by atoms with Gasteiger partial charge in [-0.2, -0.15) is 10.5 Å². The second-order valence-corrected chi connectivity index (χ2v) is 6.43. The van der Waals surface area contributed by atoms with Crippen LogP contribution in [-0.2, 0) is 0 Å². The predicted molar refractivity (Wildman–Crippen MR) is 98.5 cm³/mol. The van der Waals surface area contributed by atoms with Crippen molar-refractivity contribution < 1.29 is 0 Å². The number of benzene rings is 2. The summed E-state index contributed by atoms with van der Waals surface area (Å²) in [5, 5.41) is 18.5. The van der Waals surface area contributed by atoms with Gasteiger partial charge in [-0.05, 0) is 30.7 Å². The summed E-state index contributed by atoms with van der Waals surface area (Å²) in [4.78, 5) is 12.9. The lowest BCUT2D eigenvalue weighted by Crippen LogP contribution is -2.30. The molecule has 0 saturated heterocycles. The molecule has 5 heteroatoms. The van der Waals surface area contributed by atoms with Crippen LogP contribution >= 0.6 is 11.3 Å². The number of hydrogen-bond donors (Lipinski definition) is 0. The molecule has 0 aliphatic heterocycles. The van der Waals surface area contributed by atoms with Gasteiger partial charge in [0.2, 0.25) is 0 Å². The summed E-state index contributed by atoms with van der Waals surface area (Å²) in [5.41, 5.74) is 2.34. The van der Waals surface area contributed by atoms with Crippen LogP contribution in [0.3, 0.4) is 0 Å². The van der Waals surface area contributed by atoms with Gasteiger partial charge in [-0.15, -0.1) is 11.3 Å². The third-order valence-corrected chi connectivity index (χ3v) is 4.74. The zero-order valence-electron chi connectivity index (χ0n) is 13.4. The molecule has 0 bridgehead atoms. The number of aromatic nitrogens is 1. The molecule has 0 atom stereocenters. The Balaban J connectivity index is 2.37. The monoisotopic (exact) mass is 343 g/mol. The van der Waals surface area contributed by atoms with Crippen LogP contribution in [0.1, 0.15) is 11.1 Å². The number of hydrogen-bond acceptors (Lipinski definition) is 4. The minimum absolute atomic E-state index is 0.0745. The minimum atomic E-state index is -0.241. The largest absolute Gasteiger partial charge is 0.273 e. The van der Waals surface area contributed by atoms with Crippen molar-refractivity contribution in [3.63, 3.8) is 0 Å². The molecule has 0 fully saturated rings. The second-order valence-electron chi connectivity index (χ2n) is 5.40. The van der Waals surface area contributed by atoms with E-state index < -0.39 is 0 Å². The Hall–Kier alpha value is -3.41. The van der Waals surface area contributed by atoms with Crippen LogP contribution in [0.25, 0.3) is 17.3 Å². The fourth-order valence-electron chi connectivity index (χ4n) is 2.40. The lowest BCUT2D eigenvalue weighted by Gasteiger charge is -2.00. The second kappa shape index (κ2) is 7.00. The van der Waals surface area contributed by atoms with E-state index >= 15 is 0 Å². The molecule has 4 nitrogen and oxygen atoms in total. The highest BCUT2D eigenvalue weighted by Gasteiger charge is 2.10. The van der Waals surface area contributed by atoms with E-state index in [1.165, 1.54) is 4.57 Å². The first kappa shape index (κ1) is 16.4. The topological polar surface area (TPSA) is 69.6 Å². The van der Waals surface area contributed by atoms with Crippen molar-refractivity contribution >= 4 is 23.0 Å². The van der Waals surface area contributed by atoms with Crippen LogP contribution in [-0.4, -0.2) is 4.57 Å². The lowest BCUT2D eigenvalue weighted by atomic mass is 10.1. The van der Waals surface area contributed by atoms with E-state index in [9.17, 15) is 15.3 Å². The van der Waals surface area contributed by atoms with Gasteiger partial charge in [0, 0.05) is 0 Å². The van der Waals surface area contributed by atoms with E-state index in [1.54, 1.807) is 18.2 Å². The zero-order valence-corrected chi connectivity index (χ0v) is 14.2. The molecule has 2 aromatic carbocycles. The Bertz CT molecular complexity index is 1160. The highest BCUT2D eigenvalue weighted by molar-refractivity contribution is 7.07. The molecule has 0 radical (unpaired) electrons. The standard InChI is InChI=1S/C20H13N3OS/c1-14-7-9-15(10-8-14)11-18-19(24)23(17-5-3-2-4-6-17)20(25-18)16(12-21)13-22/h2-11H,1H3/b18-11-. The maximum atomic E-state index is 12.9. The smallest absolute Gasteiger partial charge is 0.267 e. The van der Waals surface area contributed by atoms with Crippen LogP contribution in [0.5, 0.6) is 0 Å². The van der Waals surface area contributed by atoms with Crippen LogP contribution < -0.4 is 14.8 Å². The van der Waals surface area contributed by atoms with E-state index in [0.717, 1.165) is 22.5 Å². The molecule has 3 rings (SSSR count). The molecule has 1 aromatic heterocycles. The third kappa shape index (κ3) is 3.28. The van der Waals surface area contributed by atoms with Gasteiger partial charge in [0.25, 0.3) is 5.56 Å². The first-order chi connectivity index (χ1) is 12.1. The van der Waals surface area contributed by atoms with Crippen molar-refractivity contribution in [3.05, 3.63) is 85.3 Å². The Labute approximate surface area is 148 Å². The summed E-state index contributed by atoms with van der Waals surface area (Å²) >= 11 is 1.15. The minimum Gasteiger partial charge on any atom is -0.267 e. The number of rotatable bonds is 2. The van der Waals surface area contributed by atoms with Crippen LogP contribution in [0.15, 0.2) is 59.4 Å². The summed E-state index contributed by atoms with van der Waals surface area (Å²) in [6, 6.07) is 20.6. The Morgan fingerprint density at radius 2 is 1.68 bits per heavy atom. The molecule has 0 spiro atoms. The van der Waals surface area contributed by atoms with Crippen LogP contribution in [0, 0.1) is 29.6 Å². The molecule has 0 amide bonds. The lowest BCUT2D eigenvalue weighted by molar-refractivity contribution is 0.988. The van der Waals surface area contributed by atoms with Crippen LogP contribution in [0.4, 0.5) is 0 Å². The molecular weight excluding hydrogens is 330 g/mol. The SMILES string of the molecule is Cc1ccc(/C=c2\sc(=C(C#N)C#N)n(-c3ccccc3)c2=O)cc1. The number of nitriles is 2. The van der Waals surface area contributed by atoms with Gasteiger partial charge in [-0.3, -0.25) is 9.36 Å². The molecule has 1 heterocycles. The van der Waals surface area contributed by atoms with Gasteiger partial charge in [0.1, 0.15) is 16.8 Å². The molecule has 25 heavy (non-hydrogen) atoms. The highest BCUT2D eigenvalue weighted by Crippen LogP contribution is 2.05. The molecular formula is C20H13N3OS. The molecule has 0 saturated carbocycles. The fraction of sp³-hybridized carbons (Fsp3) is 0.0500. The Kier molecular flexibility index (Phi) is 4.61. The van der Waals surface area contributed by atoms with Crippen LogP contribution in [0.2, 0.25) is 0 Å². The number of para-hydroxylation sites is 1. The summed E-state index contributed by atoms with van der Waals surface area (Å²) in [5.74, 6) is 0. The first-order valence-corrected chi connectivity index (χ1v) is 8.36. The molecule has 3 aromatic rings. The molecule has 0 N–H and O–H groups in total. The summed E-state index contributed by atoms with van der Waals surface area (Å²) in [7, 11) is 0. The van der Waals surface area contributed by atoms with Gasteiger partial charge in [0.15, 0.2) is 5.57 Å². The molecule has 120 valence electrons. The van der Waals surface area contributed by atoms with Crippen molar-refractivity contribution in [1.82, 2.24) is 4.57 Å². The Morgan fingerprint density at radius 1 is 1.04 bits per heavy atom. The number of thiazole rings is 1.